The van der Waals surface area contributed by atoms with Crippen molar-refractivity contribution in [2.45, 2.75) is 31.9 Å². The van der Waals surface area contributed by atoms with E-state index in [4.69, 9.17) is 23.2 Å². The van der Waals surface area contributed by atoms with Gasteiger partial charge in [0.25, 0.3) is 0 Å². The number of halogens is 2. The lowest BCUT2D eigenvalue weighted by Crippen LogP contribution is -2.31. The molecule has 1 aromatic carbocycles. The third-order valence-electron chi connectivity index (χ3n) is 3.10. The second kappa shape index (κ2) is 5.95. The minimum atomic E-state index is -1.02. The van der Waals surface area contributed by atoms with Crippen molar-refractivity contribution in [1.29, 1.82) is 0 Å². The van der Waals surface area contributed by atoms with Gasteiger partial charge in [-0.05, 0) is 18.6 Å². The molecule has 19 heavy (non-hydrogen) atoms. The Kier molecular flexibility index (Phi) is 4.50. The first kappa shape index (κ1) is 14.4. The maximum Gasteiger partial charge on any atom is 0.109 e. The molecule has 0 saturated carbocycles. The molecule has 0 bridgehead atoms. The molecule has 0 aliphatic heterocycles. The van der Waals surface area contributed by atoms with Crippen molar-refractivity contribution in [3.05, 3.63) is 52.5 Å². The van der Waals surface area contributed by atoms with E-state index in [-0.39, 0.29) is 0 Å². The van der Waals surface area contributed by atoms with Gasteiger partial charge in [-0.15, -0.1) is 0 Å². The van der Waals surface area contributed by atoms with E-state index in [1.165, 1.54) is 0 Å². The first-order chi connectivity index (χ1) is 9.05. The van der Waals surface area contributed by atoms with Crippen molar-refractivity contribution in [2.24, 2.45) is 0 Å². The molecule has 0 radical (unpaired) electrons. The summed E-state index contributed by atoms with van der Waals surface area (Å²) < 4.78 is 1.85. The van der Waals surface area contributed by atoms with Crippen LogP contribution in [0.5, 0.6) is 0 Å². The van der Waals surface area contributed by atoms with Crippen LogP contribution in [0.25, 0.3) is 0 Å². The largest absolute Gasteiger partial charge is 0.383 e. The molecular weight excluding hydrogens is 283 g/mol. The van der Waals surface area contributed by atoms with E-state index in [0.717, 1.165) is 6.42 Å². The van der Waals surface area contributed by atoms with E-state index < -0.39 is 5.60 Å². The van der Waals surface area contributed by atoms with E-state index in [9.17, 15) is 5.11 Å². The second-order valence-electron chi connectivity index (χ2n) is 4.64. The van der Waals surface area contributed by atoms with Crippen molar-refractivity contribution in [2.75, 3.05) is 0 Å². The topological polar surface area (TPSA) is 38.0 Å². The van der Waals surface area contributed by atoms with Crippen LogP contribution in [0.2, 0.25) is 10.0 Å². The molecule has 1 atom stereocenters. The molecule has 1 unspecified atom stereocenters. The van der Waals surface area contributed by atoms with E-state index in [1.54, 1.807) is 30.7 Å². The Bertz CT molecular complexity index is 542. The third-order valence-corrected chi connectivity index (χ3v) is 3.65. The van der Waals surface area contributed by atoms with Gasteiger partial charge >= 0.3 is 0 Å². The van der Waals surface area contributed by atoms with Gasteiger partial charge in [0, 0.05) is 28.0 Å². The summed E-state index contributed by atoms with van der Waals surface area (Å²) in [5.74, 6) is 0. The smallest absolute Gasteiger partial charge is 0.109 e. The van der Waals surface area contributed by atoms with E-state index >= 15 is 0 Å². The van der Waals surface area contributed by atoms with Crippen LogP contribution in [0.15, 0.2) is 36.9 Å². The van der Waals surface area contributed by atoms with Gasteiger partial charge in [-0.1, -0.05) is 42.6 Å². The number of hydrogen-bond donors (Lipinski definition) is 1. The van der Waals surface area contributed by atoms with Crippen LogP contribution in [-0.4, -0.2) is 14.7 Å². The molecule has 0 aliphatic rings. The average Bonchev–Trinajstić information content (AvgIpc) is 2.81. The van der Waals surface area contributed by atoms with Gasteiger partial charge in [0.1, 0.15) is 5.60 Å². The lowest BCUT2D eigenvalue weighted by atomic mass is 9.89. The van der Waals surface area contributed by atoms with Gasteiger partial charge in [0.05, 0.1) is 12.9 Å². The standard InChI is InChI=1S/C14H16Cl2N2O/c1-2-5-14(19,9-18-7-6-17-10-18)12-4-3-11(15)8-13(12)16/h3-4,6-8,10,19H,2,5,9H2,1H3. The Morgan fingerprint density at radius 2 is 2.16 bits per heavy atom. The predicted octanol–water partition coefficient (Wildman–Crippen LogP) is 3.88. The number of benzene rings is 1. The molecule has 1 heterocycles. The number of aromatic nitrogens is 2. The molecule has 2 aromatic rings. The zero-order valence-corrected chi connectivity index (χ0v) is 12.2. The van der Waals surface area contributed by atoms with Crippen molar-refractivity contribution >= 4 is 23.2 Å². The molecule has 102 valence electrons. The van der Waals surface area contributed by atoms with Crippen LogP contribution >= 0.6 is 23.2 Å². The van der Waals surface area contributed by atoms with Crippen LogP contribution in [0.4, 0.5) is 0 Å². The zero-order valence-electron chi connectivity index (χ0n) is 10.7. The lowest BCUT2D eigenvalue weighted by molar-refractivity contribution is 0.00896. The highest BCUT2D eigenvalue weighted by Crippen LogP contribution is 2.35. The first-order valence-corrected chi connectivity index (χ1v) is 6.94. The Balaban J connectivity index is 2.37. The van der Waals surface area contributed by atoms with Gasteiger partial charge in [0.2, 0.25) is 0 Å². The molecule has 0 amide bonds. The average molecular weight is 299 g/mol. The van der Waals surface area contributed by atoms with Gasteiger partial charge in [0.15, 0.2) is 0 Å². The fraction of sp³-hybridized carbons (Fsp3) is 0.357. The Morgan fingerprint density at radius 1 is 1.37 bits per heavy atom. The highest BCUT2D eigenvalue weighted by atomic mass is 35.5. The summed E-state index contributed by atoms with van der Waals surface area (Å²) in [4.78, 5) is 3.99. The van der Waals surface area contributed by atoms with Gasteiger partial charge in [-0.25, -0.2) is 4.98 Å². The molecule has 5 heteroatoms. The molecule has 1 aromatic heterocycles. The SMILES string of the molecule is CCCC(O)(Cn1ccnc1)c1ccc(Cl)cc1Cl. The zero-order chi connectivity index (χ0) is 13.9. The molecule has 0 fully saturated rings. The predicted molar refractivity (Wildman–Crippen MR) is 77.5 cm³/mol. The van der Waals surface area contributed by atoms with Crippen LogP contribution < -0.4 is 0 Å². The third kappa shape index (κ3) is 3.30. The number of nitrogens with zero attached hydrogens (tertiary/aromatic N) is 2. The molecular formula is C14H16Cl2N2O. The normalized spacial score (nSPS) is 14.3. The van der Waals surface area contributed by atoms with Gasteiger partial charge in [-0.3, -0.25) is 0 Å². The van der Waals surface area contributed by atoms with E-state index in [1.807, 2.05) is 17.7 Å². The van der Waals surface area contributed by atoms with Crippen molar-refractivity contribution < 1.29 is 5.11 Å². The lowest BCUT2D eigenvalue weighted by Gasteiger charge is -2.29. The number of rotatable bonds is 5. The number of aliphatic hydroxyl groups is 1. The molecule has 2 rings (SSSR count). The summed E-state index contributed by atoms with van der Waals surface area (Å²) in [6, 6.07) is 5.20. The maximum atomic E-state index is 10.9. The molecule has 1 N–H and O–H groups in total. The molecule has 0 spiro atoms. The fourth-order valence-electron chi connectivity index (χ4n) is 2.26. The van der Waals surface area contributed by atoms with Crippen molar-refractivity contribution in [1.82, 2.24) is 9.55 Å². The molecule has 0 saturated heterocycles. The summed E-state index contributed by atoms with van der Waals surface area (Å²) in [7, 11) is 0. The minimum Gasteiger partial charge on any atom is -0.383 e. The number of imidazole rings is 1. The quantitative estimate of drug-likeness (QED) is 0.910. The highest BCUT2D eigenvalue weighted by Gasteiger charge is 2.31. The summed E-state index contributed by atoms with van der Waals surface area (Å²) in [5.41, 5.74) is -0.314. The van der Waals surface area contributed by atoms with Crippen LogP contribution in [0.1, 0.15) is 25.3 Å². The van der Waals surface area contributed by atoms with Crippen molar-refractivity contribution in [3.63, 3.8) is 0 Å². The molecule has 0 aliphatic carbocycles. The van der Waals surface area contributed by atoms with Gasteiger partial charge in [-0.2, -0.15) is 0 Å². The summed E-state index contributed by atoms with van der Waals surface area (Å²) >= 11 is 12.1. The summed E-state index contributed by atoms with van der Waals surface area (Å²) in [6.45, 7) is 2.45. The fourth-order valence-corrected chi connectivity index (χ4v) is 2.85. The van der Waals surface area contributed by atoms with Crippen LogP contribution in [-0.2, 0) is 12.1 Å². The number of hydrogen-bond acceptors (Lipinski definition) is 2. The highest BCUT2D eigenvalue weighted by molar-refractivity contribution is 6.35. The summed E-state index contributed by atoms with van der Waals surface area (Å²) in [5, 5.41) is 12.0. The first-order valence-electron chi connectivity index (χ1n) is 6.19. The monoisotopic (exact) mass is 298 g/mol. The van der Waals surface area contributed by atoms with Crippen molar-refractivity contribution in [3.8, 4) is 0 Å². The maximum absolute atomic E-state index is 10.9. The van der Waals surface area contributed by atoms with E-state index in [2.05, 4.69) is 4.98 Å². The van der Waals surface area contributed by atoms with Crippen LogP contribution in [0, 0.1) is 0 Å². The van der Waals surface area contributed by atoms with E-state index in [0.29, 0.717) is 28.6 Å². The Labute approximate surface area is 122 Å². The minimum absolute atomic E-state index is 0.419. The Hall–Kier alpha value is -1.03. The summed E-state index contributed by atoms with van der Waals surface area (Å²) in [6.07, 6.45) is 6.67. The second-order valence-corrected chi connectivity index (χ2v) is 5.48. The van der Waals surface area contributed by atoms with Crippen LogP contribution in [0.3, 0.4) is 0 Å². The van der Waals surface area contributed by atoms with Gasteiger partial charge < -0.3 is 9.67 Å². The Morgan fingerprint density at radius 3 is 2.74 bits per heavy atom. The molecule has 3 nitrogen and oxygen atoms in total.